The van der Waals surface area contributed by atoms with Gasteiger partial charge < -0.3 is 9.30 Å². The van der Waals surface area contributed by atoms with E-state index in [1.165, 1.54) is 11.6 Å². The van der Waals surface area contributed by atoms with E-state index in [-0.39, 0.29) is 22.6 Å². The van der Waals surface area contributed by atoms with Crippen LogP contribution in [0.2, 0.25) is 0 Å². The van der Waals surface area contributed by atoms with Gasteiger partial charge in [-0.25, -0.2) is 14.4 Å². The summed E-state index contributed by atoms with van der Waals surface area (Å²) in [6.07, 6.45) is -8.99. The number of aryl methyl sites for hydroxylation is 1. The Bertz CT molecular complexity index is 976. The number of rotatable bonds is 2. The molecule has 2 heterocycles. The topological polar surface area (TPSA) is 39.9 Å². The summed E-state index contributed by atoms with van der Waals surface area (Å²) in [7, 11) is 1.39. The van der Waals surface area contributed by atoms with Gasteiger partial charge in [0, 0.05) is 19.3 Å². The number of halogens is 7. The van der Waals surface area contributed by atoms with Crippen LogP contribution < -0.4 is 4.74 Å². The molecule has 11 heteroatoms. The van der Waals surface area contributed by atoms with E-state index in [4.69, 9.17) is 0 Å². The molecule has 3 aromatic rings. The minimum atomic E-state index is -4.98. The molecule has 0 fully saturated rings. The van der Waals surface area contributed by atoms with E-state index in [0.717, 1.165) is 18.2 Å². The minimum absolute atomic E-state index is 0.0584. The number of benzene rings is 1. The quantitative estimate of drug-likeness (QED) is 0.607. The summed E-state index contributed by atoms with van der Waals surface area (Å²) < 4.78 is 93.8. The average Bonchev–Trinajstić information content (AvgIpc) is 2.81. The van der Waals surface area contributed by atoms with Crippen LogP contribution in [0.4, 0.5) is 30.7 Å². The zero-order valence-corrected chi connectivity index (χ0v) is 12.8. The lowest BCUT2D eigenvalue weighted by Gasteiger charge is -2.10. The largest absolute Gasteiger partial charge is 0.573 e. The number of alkyl halides is 6. The second-order valence-electron chi connectivity index (χ2n) is 5.25. The van der Waals surface area contributed by atoms with Crippen LogP contribution in [0, 0.1) is 5.82 Å². The van der Waals surface area contributed by atoms with Crippen molar-refractivity contribution < 1.29 is 35.5 Å². The summed E-state index contributed by atoms with van der Waals surface area (Å²) in [5, 5.41) is 0. The highest BCUT2D eigenvalue weighted by molar-refractivity contribution is 5.78. The van der Waals surface area contributed by atoms with E-state index in [0.29, 0.717) is 12.3 Å². The Kier molecular flexibility index (Phi) is 4.04. The maximum atomic E-state index is 14.2. The molecule has 0 aliphatic heterocycles. The van der Waals surface area contributed by atoms with Crippen LogP contribution in [0.25, 0.3) is 22.6 Å². The molecule has 0 radical (unpaired) electrons. The third kappa shape index (κ3) is 3.41. The molecule has 0 bridgehead atoms. The lowest BCUT2D eigenvalue weighted by molar-refractivity contribution is -0.274. The number of nitrogens with zero attached hydrogens (tertiary/aromatic N) is 3. The van der Waals surface area contributed by atoms with E-state index in [9.17, 15) is 30.7 Å². The third-order valence-corrected chi connectivity index (χ3v) is 3.45. The Morgan fingerprint density at radius 3 is 2.31 bits per heavy atom. The number of hydrogen-bond donors (Lipinski definition) is 0. The van der Waals surface area contributed by atoms with Gasteiger partial charge in [-0.1, -0.05) is 0 Å². The van der Waals surface area contributed by atoms with Crippen molar-refractivity contribution in [2.45, 2.75) is 12.5 Å². The van der Waals surface area contributed by atoms with Crippen molar-refractivity contribution in [2.75, 3.05) is 0 Å². The Morgan fingerprint density at radius 1 is 1.04 bits per heavy atom. The monoisotopic (exact) mass is 379 g/mol. The van der Waals surface area contributed by atoms with E-state index < -0.39 is 29.7 Å². The van der Waals surface area contributed by atoms with E-state index >= 15 is 0 Å². The zero-order valence-electron chi connectivity index (χ0n) is 12.8. The molecule has 0 spiro atoms. The van der Waals surface area contributed by atoms with Gasteiger partial charge in [0.2, 0.25) is 0 Å². The van der Waals surface area contributed by atoms with Crippen LogP contribution in [0.15, 0.2) is 30.5 Å². The lowest BCUT2D eigenvalue weighted by Crippen LogP contribution is -2.17. The maximum Gasteiger partial charge on any atom is 0.573 e. The fraction of sp³-hybridized carbons (Fsp3) is 0.200. The van der Waals surface area contributed by atoms with Gasteiger partial charge in [0.1, 0.15) is 22.9 Å². The molecule has 1 aromatic carbocycles. The Hall–Kier alpha value is -2.85. The van der Waals surface area contributed by atoms with Crippen molar-refractivity contribution in [3.63, 3.8) is 0 Å². The predicted molar refractivity (Wildman–Crippen MR) is 75.6 cm³/mol. The molecule has 0 atom stereocenters. The standard InChI is InChI=1S/C15H8F7N3O/c1-25-12(9-3-2-8(5-10(9)16)26-15(20,21)22)24-11-4-7(14(17,18)19)6-23-13(11)25/h2-6H,1H3. The Morgan fingerprint density at radius 2 is 1.73 bits per heavy atom. The molecule has 0 amide bonds. The molecule has 0 unspecified atom stereocenters. The van der Waals surface area contributed by atoms with Crippen molar-refractivity contribution >= 4 is 11.2 Å². The fourth-order valence-corrected chi connectivity index (χ4v) is 2.35. The fourth-order valence-electron chi connectivity index (χ4n) is 2.35. The van der Waals surface area contributed by atoms with Crippen LogP contribution in [0.3, 0.4) is 0 Å². The Balaban J connectivity index is 2.06. The Labute approximate surface area is 140 Å². The molecule has 26 heavy (non-hydrogen) atoms. The van der Waals surface area contributed by atoms with Crippen LogP contribution in [0.1, 0.15) is 5.56 Å². The first-order chi connectivity index (χ1) is 12.0. The number of hydrogen-bond acceptors (Lipinski definition) is 3. The van der Waals surface area contributed by atoms with Gasteiger partial charge in [0.25, 0.3) is 0 Å². The molecular formula is C15H8F7N3O. The van der Waals surface area contributed by atoms with E-state index in [1.54, 1.807) is 0 Å². The van der Waals surface area contributed by atoms with Crippen LogP contribution in [-0.2, 0) is 13.2 Å². The van der Waals surface area contributed by atoms with Gasteiger partial charge in [-0.05, 0) is 18.2 Å². The van der Waals surface area contributed by atoms with Crippen molar-refractivity contribution in [1.82, 2.24) is 14.5 Å². The van der Waals surface area contributed by atoms with Crippen LogP contribution in [0.5, 0.6) is 5.75 Å². The molecule has 0 saturated carbocycles. The van der Waals surface area contributed by atoms with Gasteiger partial charge in [-0.2, -0.15) is 13.2 Å². The highest BCUT2D eigenvalue weighted by Gasteiger charge is 2.33. The SMILES string of the molecule is Cn1c(-c2ccc(OC(F)(F)F)cc2F)nc2cc(C(F)(F)F)cnc21. The summed E-state index contributed by atoms with van der Waals surface area (Å²) in [5.41, 5.74) is -1.31. The molecule has 0 aliphatic carbocycles. The van der Waals surface area contributed by atoms with Crippen molar-refractivity contribution in [2.24, 2.45) is 7.05 Å². The van der Waals surface area contributed by atoms with Gasteiger partial charge in [0.15, 0.2) is 5.65 Å². The zero-order chi connectivity index (χ0) is 19.3. The first-order valence-electron chi connectivity index (χ1n) is 6.91. The van der Waals surface area contributed by atoms with Gasteiger partial charge in [0.05, 0.1) is 11.1 Å². The van der Waals surface area contributed by atoms with E-state index in [2.05, 4.69) is 14.7 Å². The van der Waals surface area contributed by atoms with Crippen molar-refractivity contribution in [1.29, 1.82) is 0 Å². The summed E-state index contributed by atoms with van der Waals surface area (Å²) in [4.78, 5) is 7.59. The molecule has 3 rings (SSSR count). The lowest BCUT2D eigenvalue weighted by atomic mass is 10.2. The van der Waals surface area contributed by atoms with E-state index in [1.807, 2.05) is 0 Å². The molecule has 0 N–H and O–H groups in total. The number of pyridine rings is 1. The summed E-state index contributed by atoms with van der Waals surface area (Å²) in [5.74, 6) is -1.95. The molecular weight excluding hydrogens is 371 g/mol. The normalized spacial score (nSPS) is 12.6. The van der Waals surface area contributed by atoms with Crippen molar-refractivity contribution in [3.8, 4) is 17.1 Å². The van der Waals surface area contributed by atoms with Gasteiger partial charge in [-0.3, -0.25) is 0 Å². The van der Waals surface area contributed by atoms with Crippen molar-refractivity contribution in [3.05, 3.63) is 41.8 Å². The van der Waals surface area contributed by atoms with Crippen LogP contribution >= 0.6 is 0 Å². The number of imidazole rings is 1. The minimum Gasteiger partial charge on any atom is -0.406 e. The second kappa shape index (κ2) is 5.85. The molecule has 0 saturated heterocycles. The van der Waals surface area contributed by atoms with Gasteiger partial charge >= 0.3 is 12.5 Å². The molecule has 2 aromatic heterocycles. The summed E-state index contributed by atoms with van der Waals surface area (Å²) in [6, 6.07) is 3.13. The number of ether oxygens (including phenoxy) is 1. The van der Waals surface area contributed by atoms with Gasteiger partial charge in [-0.15, -0.1) is 13.2 Å². The molecule has 138 valence electrons. The number of fused-ring (bicyclic) bond motifs is 1. The average molecular weight is 379 g/mol. The second-order valence-corrected chi connectivity index (χ2v) is 5.25. The first-order valence-corrected chi connectivity index (χ1v) is 6.91. The highest BCUT2D eigenvalue weighted by Crippen LogP contribution is 2.33. The smallest absolute Gasteiger partial charge is 0.406 e. The first kappa shape index (κ1) is 18.0. The highest BCUT2D eigenvalue weighted by atomic mass is 19.4. The summed E-state index contributed by atoms with van der Waals surface area (Å²) in [6.45, 7) is 0. The molecule has 0 aliphatic rings. The number of aromatic nitrogens is 3. The third-order valence-electron chi connectivity index (χ3n) is 3.45. The summed E-state index contributed by atoms with van der Waals surface area (Å²) >= 11 is 0. The maximum absolute atomic E-state index is 14.2. The predicted octanol–water partition coefficient (Wildman–Crippen LogP) is 4.69. The molecule has 4 nitrogen and oxygen atoms in total. The van der Waals surface area contributed by atoms with Crippen LogP contribution in [-0.4, -0.2) is 20.9 Å².